The Morgan fingerprint density at radius 2 is 1.70 bits per heavy atom. The van der Waals surface area contributed by atoms with Gasteiger partial charge in [0.05, 0.1) is 23.7 Å². The minimum Gasteiger partial charge on any atom is -0.346 e. The van der Waals surface area contributed by atoms with Gasteiger partial charge in [0, 0.05) is 36.4 Å². The summed E-state index contributed by atoms with van der Waals surface area (Å²) in [6.07, 6.45) is -5.14. The molecule has 46 heavy (non-hydrogen) atoms. The predicted molar refractivity (Wildman–Crippen MR) is 147 cm³/mol. The molecule has 2 aliphatic rings. The van der Waals surface area contributed by atoms with Gasteiger partial charge in [-0.2, -0.15) is 13.9 Å². The number of alkyl halides is 6. The Kier molecular flexibility index (Phi) is 7.81. The first-order valence-corrected chi connectivity index (χ1v) is 14.0. The number of nitrogens with zero attached hydrogens (tertiary/aromatic N) is 3. The maximum absolute atomic E-state index is 14.9. The first-order chi connectivity index (χ1) is 21.7. The number of carbonyl (C=O) groups excluding carboxylic acids is 2. The second-order valence-corrected chi connectivity index (χ2v) is 11.1. The van der Waals surface area contributed by atoms with Crippen molar-refractivity contribution in [3.05, 3.63) is 100 Å². The minimum absolute atomic E-state index is 0.0748. The molecule has 2 N–H and O–H groups in total. The van der Waals surface area contributed by atoms with Gasteiger partial charge >= 0.3 is 0 Å². The van der Waals surface area contributed by atoms with Crippen LogP contribution >= 0.6 is 0 Å². The molecule has 0 fully saturated rings. The molecule has 0 bridgehead atoms. The van der Waals surface area contributed by atoms with E-state index in [1.165, 1.54) is 6.20 Å². The van der Waals surface area contributed by atoms with E-state index in [0.717, 1.165) is 12.1 Å². The van der Waals surface area contributed by atoms with Gasteiger partial charge in [0.25, 0.3) is 18.3 Å². The van der Waals surface area contributed by atoms with Crippen LogP contribution in [0, 0.1) is 11.6 Å². The maximum atomic E-state index is 14.9. The third kappa shape index (κ3) is 5.93. The molecule has 0 saturated carbocycles. The fraction of sp³-hybridized carbons (Fsp3) is 0.290. The molecular weight excluding hydrogens is 626 g/mol. The lowest BCUT2D eigenvalue weighted by Crippen LogP contribution is -2.37. The van der Waals surface area contributed by atoms with Crippen LogP contribution in [0.25, 0.3) is 11.1 Å². The molecule has 240 valence electrons. The Bertz CT molecular complexity index is 1840. The van der Waals surface area contributed by atoms with E-state index < -0.39 is 78.2 Å². The Morgan fingerprint density at radius 3 is 2.41 bits per heavy atom. The summed E-state index contributed by atoms with van der Waals surface area (Å²) in [5.74, 6) is -11.1. The molecule has 0 spiro atoms. The zero-order chi connectivity index (χ0) is 33.0. The molecule has 15 heteroatoms. The van der Waals surface area contributed by atoms with Crippen molar-refractivity contribution in [2.45, 2.75) is 56.5 Å². The molecule has 3 heterocycles. The fourth-order valence-corrected chi connectivity index (χ4v) is 5.93. The average molecular weight is 650 g/mol. The summed E-state index contributed by atoms with van der Waals surface area (Å²) in [6.45, 7) is -1.15. The van der Waals surface area contributed by atoms with E-state index in [1.54, 1.807) is 30.3 Å². The third-order valence-electron chi connectivity index (χ3n) is 7.85. The summed E-state index contributed by atoms with van der Waals surface area (Å²) in [7, 11) is 0. The van der Waals surface area contributed by atoms with Gasteiger partial charge in [-0.15, -0.1) is 0 Å². The van der Waals surface area contributed by atoms with Crippen molar-refractivity contribution in [2.24, 2.45) is 0 Å². The lowest BCUT2D eigenvalue weighted by molar-refractivity contribution is -0.123. The lowest BCUT2D eigenvalue weighted by Gasteiger charge is -2.29. The molecule has 0 saturated heterocycles. The van der Waals surface area contributed by atoms with Crippen molar-refractivity contribution in [1.82, 2.24) is 20.1 Å². The molecule has 2 aromatic carbocycles. The number of halogens is 8. The Labute approximate surface area is 255 Å². The number of pyridine rings is 1. The predicted octanol–water partition coefficient (Wildman–Crippen LogP) is 6.73. The highest BCUT2D eigenvalue weighted by molar-refractivity contribution is 5.99. The number of aromatic nitrogens is 3. The Hall–Kier alpha value is -4.82. The topological polar surface area (TPSA) is 88.9 Å². The van der Waals surface area contributed by atoms with Crippen molar-refractivity contribution in [2.75, 3.05) is 5.32 Å². The van der Waals surface area contributed by atoms with Gasteiger partial charge in [0.1, 0.15) is 29.6 Å². The van der Waals surface area contributed by atoms with Crippen molar-refractivity contribution >= 4 is 17.5 Å². The van der Waals surface area contributed by atoms with Gasteiger partial charge in [-0.05, 0) is 53.4 Å². The first kappa shape index (κ1) is 31.2. The molecule has 6 rings (SSSR count). The van der Waals surface area contributed by atoms with E-state index in [1.807, 2.05) is 0 Å². The van der Waals surface area contributed by atoms with Gasteiger partial charge in [-0.25, -0.2) is 26.3 Å². The first-order valence-electron chi connectivity index (χ1n) is 14.0. The quantitative estimate of drug-likeness (QED) is 0.207. The number of hydrogen-bond acceptors (Lipinski definition) is 4. The maximum Gasteiger partial charge on any atom is 0.290 e. The van der Waals surface area contributed by atoms with Crippen LogP contribution in [0.3, 0.4) is 0 Å². The van der Waals surface area contributed by atoms with E-state index >= 15 is 0 Å². The van der Waals surface area contributed by atoms with Crippen LogP contribution in [0.2, 0.25) is 0 Å². The van der Waals surface area contributed by atoms with Crippen LogP contribution in [-0.4, -0.2) is 26.6 Å². The van der Waals surface area contributed by atoms with Gasteiger partial charge < -0.3 is 10.6 Å². The summed E-state index contributed by atoms with van der Waals surface area (Å²) >= 11 is 0. The molecule has 2 amide bonds. The average Bonchev–Trinajstić information content (AvgIpc) is 3.55. The highest BCUT2D eigenvalue weighted by Gasteiger charge is 2.55. The summed E-state index contributed by atoms with van der Waals surface area (Å²) in [6, 6.07) is 9.76. The molecule has 0 unspecified atom stereocenters. The molecule has 4 aromatic rings. The van der Waals surface area contributed by atoms with Crippen LogP contribution in [-0.2, 0) is 40.8 Å². The van der Waals surface area contributed by atoms with Gasteiger partial charge in [-0.3, -0.25) is 19.3 Å². The highest BCUT2D eigenvalue weighted by Crippen LogP contribution is 2.52. The second-order valence-electron chi connectivity index (χ2n) is 11.1. The van der Waals surface area contributed by atoms with Crippen LogP contribution < -0.4 is 10.6 Å². The van der Waals surface area contributed by atoms with E-state index in [0.29, 0.717) is 28.4 Å². The highest BCUT2D eigenvalue weighted by atomic mass is 19.3. The fourth-order valence-electron chi connectivity index (χ4n) is 5.93. The summed E-state index contributed by atoms with van der Waals surface area (Å²) in [5, 5.41) is 8.56. The van der Waals surface area contributed by atoms with Crippen molar-refractivity contribution < 1.29 is 44.7 Å². The number of rotatable bonds is 8. The van der Waals surface area contributed by atoms with Gasteiger partial charge in [0.2, 0.25) is 11.8 Å². The largest absolute Gasteiger partial charge is 0.346 e. The van der Waals surface area contributed by atoms with Crippen molar-refractivity contribution in [3.8, 4) is 11.1 Å². The number of benzene rings is 2. The van der Waals surface area contributed by atoms with Crippen molar-refractivity contribution in [3.63, 3.8) is 0 Å². The monoisotopic (exact) mass is 649 g/mol. The Morgan fingerprint density at radius 1 is 0.978 bits per heavy atom. The zero-order valence-electron chi connectivity index (χ0n) is 23.6. The Balaban J connectivity index is 1.38. The minimum atomic E-state index is -4.03. The van der Waals surface area contributed by atoms with E-state index in [2.05, 4.69) is 20.7 Å². The summed E-state index contributed by atoms with van der Waals surface area (Å²) in [4.78, 5) is 29.6. The number of amides is 2. The zero-order valence-corrected chi connectivity index (χ0v) is 23.6. The summed E-state index contributed by atoms with van der Waals surface area (Å²) in [5.41, 5.74) is -2.09. The number of fused-ring (bicyclic) bond motifs is 2. The van der Waals surface area contributed by atoms with Crippen molar-refractivity contribution in [1.29, 1.82) is 0 Å². The lowest BCUT2D eigenvalue weighted by atomic mass is 9.89. The number of hydrogen-bond donors (Lipinski definition) is 2. The molecule has 7 nitrogen and oxygen atoms in total. The number of nitrogens with one attached hydrogen (secondary N) is 2. The molecule has 1 aliphatic heterocycles. The standard InChI is InChI=1S/C31H23F8N5O2/c32-18-8-15(9-19(33)13-18)10-22(26-20(2-1-7-40-26)16-3-4-21-17(11-16)12-23(45)41-21)42-24(46)14-44-28-25(27(43-44)29(34)35)30(36,37)5-6-31(28,38)39/h1-4,7-9,11,13,22,29H,5-6,10,12,14H2,(H,41,45)(H,42,46)/t22-/m0/s1. The van der Waals surface area contributed by atoms with Crippen LogP contribution in [0.15, 0.2) is 54.7 Å². The number of anilines is 1. The summed E-state index contributed by atoms with van der Waals surface area (Å²) < 4.78 is 115. The molecular formula is C31H23F8N5O2. The van der Waals surface area contributed by atoms with Crippen LogP contribution in [0.5, 0.6) is 0 Å². The van der Waals surface area contributed by atoms with Crippen LogP contribution in [0.1, 0.15) is 59.1 Å². The second kappa shape index (κ2) is 11.5. The van der Waals surface area contributed by atoms with Crippen LogP contribution in [0.4, 0.5) is 40.8 Å². The van der Waals surface area contributed by atoms with E-state index in [-0.39, 0.29) is 34.7 Å². The van der Waals surface area contributed by atoms with E-state index in [9.17, 15) is 44.7 Å². The molecule has 0 radical (unpaired) electrons. The molecule has 2 aromatic heterocycles. The molecule has 1 atom stereocenters. The van der Waals surface area contributed by atoms with E-state index in [4.69, 9.17) is 0 Å². The van der Waals surface area contributed by atoms with Gasteiger partial charge in [0.15, 0.2) is 0 Å². The third-order valence-corrected chi connectivity index (χ3v) is 7.85. The number of carbonyl (C=O) groups is 2. The normalized spacial score (nSPS) is 16.9. The van der Waals surface area contributed by atoms with Gasteiger partial charge in [-0.1, -0.05) is 12.1 Å². The smallest absolute Gasteiger partial charge is 0.290 e. The molecule has 1 aliphatic carbocycles. The SMILES string of the molecule is O=C1Cc2cc(-c3cccnc3[C@H](Cc3cc(F)cc(F)c3)NC(=O)Cn3nc(C(F)F)c4c3C(F)(F)CCC4(F)F)ccc2N1.